The van der Waals surface area contributed by atoms with Gasteiger partial charge < -0.3 is 9.73 Å². The smallest absolute Gasteiger partial charge is 0.149 e. The van der Waals surface area contributed by atoms with Gasteiger partial charge in [0.05, 0.1) is 18.7 Å². The first-order valence-corrected chi connectivity index (χ1v) is 5.88. The van der Waals surface area contributed by atoms with Crippen molar-refractivity contribution in [3.63, 3.8) is 0 Å². The minimum atomic E-state index is 0.285. The van der Waals surface area contributed by atoms with Gasteiger partial charge in [-0.1, -0.05) is 11.6 Å². The minimum Gasteiger partial charge on any atom is -0.469 e. The van der Waals surface area contributed by atoms with E-state index in [2.05, 4.69) is 22.2 Å². The minimum absolute atomic E-state index is 0.285. The van der Waals surface area contributed by atoms with Crippen LogP contribution in [-0.2, 0) is 6.42 Å². The number of rotatable bonds is 5. The van der Waals surface area contributed by atoms with E-state index in [1.807, 2.05) is 12.1 Å². The molecule has 90 valence electrons. The van der Waals surface area contributed by atoms with E-state index in [1.165, 1.54) is 6.20 Å². The summed E-state index contributed by atoms with van der Waals surface area (Å²) in [6, 6.07) is 4.16. The molecule has 2 rings (SSSR count). The van der Waals surface area contributed by atoms with Crippen molar-refractivity contribution in [2.24, 2.45) is 0 Å². The summed E-state index contributed by atoms with van der Waals surface area (Å²) in [7, 11) is 0. The summed E-state index contributed by atoms with van der Waals surface area (Å²) in [5.74, 6) is 1.69. The predicted molar refractivity (Wildman–Crippen MR) is 67.2 cm³/mol. The lowest BCUT2D eigenvalue weighted by Crippen LogP contribution is -2.16. The van der Waals surface area contributed by atoms with Crippen LogP contribution in [0.25, 0.3) is 0 Å². The fourth-order valence-electron chi connectivity index (χ4n) is 1.55. The van der Waals surface area contributed by atoms with Gasteiger partial charge >= 0.3 is 0 Å². The number of furan rings is 1. The van der Waals surface area contributed by atoms with E-state index in [-0.39, 0.29) is 6.04 Å². The first kappa shape index (κ1) is 11.9. The molecule has 0 aliphatic carbocycles. The zero-order valence-corrected chi connectivity index (χ0v) is 10.3. The van der Waals surface area contributed by atoms with E-state index in [1.54, 1.807) is 12.5 Å². The molecule has 0 saturated heterocycles. The summed E-state index contributed by atoms with van der Waals surface area (Å²) < 4.78 is 5.28. The van der Waals surface area contributed by atoms with Crippen LogP contribution in [0.4, 0.5) is 5.82 Å². The lowest BCUT2D eigenvalue weighted by Gasteiger charge is -2.13. The molecule has 2 aromatic rings. The Hall–Kier alpha value is -1.55. The molecule has 1 unspecified atom stereocenters. The normalized spacial score (nSPS) is 12.4. The predicted octanol–water partition coefficient (Wildman–Crippen LogP) is 3.16. The molecule has 0 aliphatic heterocycles. The van der Waals surface area contributed by atoms with Gasteiger partial charge in [0, 0.05) is 12.5 Å². The maximum Gasteiger partial charge on any atom is 0.149 e. The zero-order valence-electron chi connectivity index (χ0n) is 9.56. The van der Waals surface area contributed by atoms with Gasteiger partial charge in [-0.2, -0.15) is 0 Å². The summed E-state index contributed by atoms with van der Waals surface area (Å²) in [4.78, 5) is 8.10. The molecule has 0 radical (unpaired) electrons. The van der Waals surface area contributed by atoms with E-state index in [4.69, 9.17) is 16.0 Å². The van der Waals surface area contributed by atoms with Gasteiger partial charge in [0.25, 0.3) is 0 Å². The second-order valence-corrected chi connectivity index (χ2v) is 4.28. The Morgan fingerprint density at radius 3 is 3.06 bits per heavy atom. The number of nitrogens with zero attached hydrogens (tertiary/aromatic N) is 2. The third-order valence-electron chi connectivity index (χ3n) is 2.40. The summed E-state index contributed by atoms with van der Waals surface area (Å²) in [6.45, 7) is 2.09. The Bertz CT molecular complexity index is 459. The van der Waals surface area contributed by atoms with E-state index < -0.39 is 0 Å². The van der Waals surface area contributed by atoms with Gasteiger partial charge in [0.15, 0.2) is 0 Å². The Labute approximate surface area is 105 Å². The number of aromatic nitrogens is 2. The summed E-state index contributed by atoms with van der Waals surface area (Å²) in [6.07, 6.45) is 6.72. The molecule has 5 heteroatoms. The third-order valence-corrected chi connectivity index (χ3v) is 2.59. The van der Waals surface area contributed by atoms with Crippen molar-refractivity contribution < 1.29 is 4.42 Å². The van der Waals surface area contributed by atoms with E-state index in [9.17, 15) is 0 Å². The number of aryl methyl sites for hydroxylation is 1. The van der Waals surface area contributed by atoms with Crippen molar-refractivity contribution >= 4 is 17.4 Å². The van der Waals surface area contributed by atoms with Crippen LogP contribution in [0.2, 0.25) is 5.15 Å². The molecule has 0 amide bonds. The van der Waals surface area contributed by atoms with Crippen molar-refractivity contribution in [2.45, 2.75) is 25.8 Å². The van der Waals surface area contributed by atoms with Crippen molar-refractivity contribution in [3.8, 4) is 0 Å². The molecule has 0 fully saturated rings. The second kappa shape index (κ2) is 5.68. The zero-order chi connectivity index (χ0) is 12.1. The fraction of sp³-hybridized carbons (Fsp3) is 0.333. The monoisotopic (exact) mass is 251 g/mol. The Balaban J connectivity index is 1.83. The standard InChI is InChI=1S/C12H14ClN3O/c1-9(4-5-10-3-2-6-17-10)15-12-8-14-7-11(13)16-12/h2-3,6-9H,4-5H2,1H3,(H,15,16). The molecule has 0 saturated carbocycles. The van der Waals surface area contributed by atoms with E-state index in [0.29, 0.717) is 11.0 Å². The maximum atomic E-state index is 5.76. The van der Waals surface area contributed by atoms with Gasteiger partial charge in [-0.05, 0) is 25.5 Å². The van der Waals surface area contributed by atoms with Crippen molar-refractivity contribution in [1.29, 1.82) is 0 Å². The Kier molecular flexibility index (Phi) is 3.98. The first-order valence-electron chi connectivity index (χ1n) is 5.50. The highest BCUT2D eigenvalue weighted by Crippen LogP contribution is 2.11. The van der Waals surface area contributed by atoms with Gasteiger partial charge in [-0.25, -0.2) is 4.98 Å². The summed E-state index contributed by atoms with van der Waals surface area (Å²) in [5.41, 5.74) is 0. The van der Waals surface area contributed by atoms with E-state index >= 15 is 0 Å². The average molecular weight is 252 g/mol. The molecule has 0 bridgehead atoms. The first-order chi connectivity index (χ1) is 8.24. The van der Waals surface area contributed by atoms with Gasteiger partial charge in [-0.3, -0.25) is 4.98 Å². The number of anilines is 1. The number of halogens is 1. The van der Waals surface area contributed by atoms with Gasteiger partial charge in [0.1, 0.15) is 16.7 Å². The van der Waals surface area contributed by atoms with E-state index in [0.717, 1.165) is 18.6 Å². The van der Waals surface area contributed by atoms with Gasteiger partial charge in [0.2, 0.25) is 0 Å². The Morgan fingerprint density at radius 2 is 2.35 bits per heavy atom. The SMILES string of the molecule is CC(CCc1ccco1)Nc1cncc(Cl)n1. The number of hydrogen-bond acceptors (Lipinski definition) is 4. The highest BCUT2D eigenvalue weighted by atomic mass is 35.5. The van der Waals surface area contributed by atoms with Crippen LogP contribution in [-0.4, -0.2) is 16.0 Å². The van der Waals surface area contributed by atoms with Crippen LogP contribution in [0.1, 0.15) is 19.1 Å². The molecule has 1 atom stereocenters. The van der Waals surface area contributed by atoms with Gasteiger partial charge in [-0.15, -0.1) is 0 Å². The molecule has 0 aliphatic rings. The van der Waals surface area contributed by atoms with Crippen LogP contribution < -0.4 is 5.32 Å². The molecule has 4 nitrogen and oxygen atoms in total. The summed E-state index contributed by atoms with van der Waals surface area (Å²) in [5, 5.41) is 3.64. The van der Waals surface area contributed by atoms with Crippen LogP contribution in [0.3, 0.4) is 0 Å². The number of nitrogens with one attached hydrogen (secondary N) is 1. The lowest BCUT2D eigenvalue weighted by molar-refractivity contribution is 0.495. The maximum absolute atomic E-state index is 5.76. The van der Waals surface area contributed by atoms with Crippen LogP contribution >= 0.6 is 11.6 Å². The molecule has 17 heavy (non-hydrogen) atoms. The van der Waals surface area contributed by atoms with Crippen molar-refractivity contribution in [1.82, 2.24) is 9.97 Å². The molecule has 0 aromatic carbocycles. The second-order valence-electron chi connectivity index (χ2n) is 3.89. The molecule has 2 heterocycles. The van der Waals surface area contributed by atoms with Crippen LogP contribution in [0, 0.1) is 0 Å². The molecule has 1 N–H and O–H groups in total. The van der Waals surface area contributed by atoms with Crippen LogP contribution in [0.15, 0.2) is 35.2 Å². The molecular formula is C12H14ClN3O. The molecular weight excluding hydrogens is 238 g/mol. The largest absolute Gasteiger partial charge is 0.469 e. The van der Waals surface area contributed by atoms with Crippen molar-refractivity contribution in [2.75, 3.05) is 5.32 Å². The Morgan fingerprint density at radius 1 is 1.47 bits per heavy atom. The third kappa shape index (κ3) is 3.75. The van der Waals surface area contributed by atoms with Crippen LogP contribution in [0.5, 0.6) is 0 Å². The number of hydrogen-bond donors (Lipinski definition) is 1. The molecule has 0 spiro atoms. The quantitative estimate of drug-likeness (QED) is 0.887. The average Bonchev–Trinajstić information content (AvgIpc) is 2.79. The highest BCUT2D eigenvalue weighted by Gasteiger charge is 2.05. The molecule has 2 aromatic heterocycles. The fourth-order valence-corrected chi connectivity index (χ4v) is 1.70. The van der Waals surface area contributed by atoms with Crippen molar-refractivity contribution in [3.05, 3.63) is 41.7 Å². The lowest BCUT2D eigenvalue weighted by atomic mass is 10.1. The highest BCUT2D eigenvalue weighted by molar-refractivity contribution is 6.29. The summed E-state index contributed by atoms with van der Waals surface area (Å²) >= 11 is 5.76. The topological polar surface area (TPSA) is 51.0 Å².